The maximum Gasteiger partial charge on any atom is 0.0933 e. The number of hydrogen-bond donors (Lipinski definition) is 1. The van der Waals surface area contributed by atoms with Crippen molar-refractivity contribution in [1.29, 1.82) is 0 Å². The fourth-order valence-corrected chi connectivity index (χ4v) is 3.23. The van der Waals surface area contributed by atoms with Crippen molar-refractivity contribution in [2.24, 2.45) is 5.73 Å². The van der Waals surface area contributed by atoms with Gasteiger partial charge in [0.25, 0.3) is 0 Å². The van der Waals surface area contributed by atoms with E-state index in [2.05, 4.69) is 57.5 Å². The van der Waals surface area contributed by atoms with E-state index in [0.717, 1.165) is 6.42 Å². The van der Waals surface area contributed by atoms with Gasteiger partial charge in [-0.05, 0) is 23.6 Å². The molecule has 0 heterocycles. The molecule has 1 aliphatic rings. The van der Waals surface area contributed by atoms with Crippen molar-refractivity contribution < 1.29 is 4.18 Å². The summed E-state index contributed by atoms with van der Waals surface area (Å²) in [6.45, 7) is 6.74. The van der Waals surface area contributed by atoms with Gasteiger partial charge in [0, 0.05) is 11.2 Å². The highest BCUT2D eigenvalue weighted by molar-refractivity contribution is 8.29. The highest BCUT2D eigenvalue weighted by Gasteiger charge is 2.37. The smallest absolute Gasteiger partial charge is 0.0933 e. The zero-order valence-electron chi connectivity index (χ0n) is 12.1. The topological polar surface area (TPSA) is 35.2 Å². The minimum absolute atomic E-state index is 0.0234. The number of benzene rings is 1. The Labute approximate surface area is 112 Å². The number of hydrogen-bond acceptors (Lipinski definition) is 2. The molecular weight excluding hydrogens is 242 g/mol. The third kappa shape index (κ3) is 2.44. The van der Waals surface area contributed by atoms with Crippen LogP contribution in [0.5, 0.6) is 0 Å². The third-order valence-corrected chi connectivity index (χ3v) is 7.75. The van der Waals surface area contributed by atoms with Crippen molar-refractivity contribution in [3.05, 3.63) is 35.4 Å². The quantitative estimate of drug-likeness (QED) is 0.891. The van der Waals surface area contributed by atoms with Crippen molar-refractivity contribution in [3.8, 4) is 0 Å². The normalized spacial score (nSPS) is 25.0. The van der Waals surface area contributed by atoms with Crippen LogP contribution in [0.4, 0.5) is 0 Å². The third-order valence-electron chi connectivity index (χ3n) is 4.07. The van der Waals surface area contributed by atoms with Crippen molar-refractivity contribution in [2.75, 3.05) is 12.5 Å². The van der Waals surface area contributed by atoms with Crippen LogP contribution < -0.4 is 5.73 Å². The van der Waals surface area contributed by atoms with Crippen molar-refractivity contribution in [3.63, 3.8) is 0 Å². The van der Waals surface area contributed by atoms with Crippen molar-refractivity contribution in [2.45, 2.75) is 44.1 Å². The molecule has 0 saturated carbocycles. The Morgan fingerprint density at radius 2 is 1.83 bits per heavy atom. The van der Waals surface area contributed by atoms with Gasteiger partial charge >= 0.3 is 0 Å². The Balaban J connectivity index is 2.16. The molecule has 1 aromatic rings. The van der Waals surface area contributed by atoms with E-state index in [-0.39, 0.29) is 16.9 Å². The Bertz CT molecular complexity index is 436. The summed E-state index contributed by atoms with van der Waals surface area (Å²) in [5.74, 6) is 0. The van der Waals surface area contributed by atoms with Crippen LogP contribution in [0.25, 0.3) is 0 Å². The summed E-state index contributed by atoms with van der Waals surface area (Å²) >= 11 is 0. The molecule has 0 aromatic heterocycles. The van der Waals surface area contributed by atoms with Gasteiger partial charge in [-0.1, -0.05) is 45.0 Å². The van der Waals surface area contributed by atoms with E-state index in [1.165, 1.54) is 11.1 Å². The lowest BCUT2D eigenvalue weighted by atomic mass is 10.1. The second-order valence-corrected chi connectivity index (χ2v) is 10.3. The lowest BCUT2D eigenvalue weighted by molar-refractivity contribution is 0.207. The van der Waals surface area contributed by atoms with Gasteiger partial charge in [0.1, 0.15) is 0 Å². The SMILES string of the molecule is CC(C)(C)S(C)(C)O[C@@H]1Cc2ccccc2[C@H]1N. The van der Waals surface area contributed by atoms with Crippen LogP contribution in [-0.2, 0) is 10.6 Å². The summed E-state index contributed by atoms with van der Waals surface area (Å²) in [4.78, 5) is 0. The summed E-state index contributed by atoms with van der Waals surface area (Å²) in [5.41, 5.74) is 8.93. The molecule has 0 aliphatic heterocycles. The van der Waals surface area contributed by atoms with Crippen molar-refractivity contribution in [1.82, 2.24) is 0 Å². The Kier molecular flexibility index (Phi) is 3.52. The molecule has 102 valence electrons. The molecule has 1 aliphatic carbocycles. The zero-order chi connectivity index (χ0) is 13.6. The van der Waals surface area contributed by atoms with Crippen LogP contribution in [0.15, 0.2) is 24.3 Å². The maximum atomic E-state index is 6.42. The molecule has 0 bridgehead atoms. The second kappa shape index (κ2) is 4.55. The molecule has 0 unspecified atom stereocenters. The Hall–Kier alpha value is -0.510. The highest BCUT2D eigenvalue weighted by Crippen LogP contribution is 2.56. The lowest BCUT2D eigenvalue weighted by Crippen LogP contribution is -2.32. The standard InChI is InChI=1S/C15H25NOS/c1-15(2,3)18(4,5)17-13-10-11-8-6-7-9-12(11)14(13)16/h6-9,13-14H,10,16H2,1-5H3/t13-,14-/m1/s1. The van der Waals surface area contributed by atoms with Gasteiger partial charge in [0.15, 0.2) is 0 Å². The minimum Gasteiger partial charge on any atom is -0.331 e. The summed E-state index contributed by atoms with van der Waals surface area (Å²) in [7, 11) is -1.11. The molecule has 0 fully saturated rings. The van der Waals surface area contributed by atoms with Crippen LogP contribution in [0.3, 0.4) is 0 Å². The molecule has 0 saturated heterocycles. The fraction of sp³-hybridized carbons (Fsp3) is 0.600. The second-order valence-electron chi connectivity index (χ2n) is 6.41. The first-order valence-corrected chi connectivity index (χ1v) is 8.84. The van der Waals surface area contributed by atoms with E-state index in [1.54, 1.807) is 0 Å². The summed E-state index contributed by atoms with van der Waals surface area (Å²) in [5, 5.41) is 0. The van der Waals surface area contributed by atoms with Gasteiger partial charge < -0.3 is 9.92 Å². The predicted molar refractivity (Wildman–Crippen MR) is 81.1 cm³/mol. The molecule has 2 atom stereocenters. The monoisotopic (exact) mass is 267 g/mol. The zero-order valence-corrected chi connectivity index (χ0v) is 12.9. The van der Waals surface area contributed by atoms with Gasteiger partial charge in [-0.25, -0.2) is 0 Å². The molecule has 0 radical (unpaired) electrons. The fourth-order valence-electron chi connectivity index (χ4n) is 2.14. The van der Waals surface area contributed by atoms with Crippen LogP contribution in [0, 0.1) is 0 Å². The molecule has 2 N–H and O–H groups in total. The van der Waals surface area contributed by atoms with E-state index in [9.17, 15) is 0 Å². The molecular formula is C15H25NOS. The van der Waals surface area contributed by atoms with Gasteiger partial charge in [-0.15, -0.1) is 10.3 Å². The number of nitrogens with two attached hydrogens (primary N) is 1. The lowest BCUT2D eigenvalue weighted by Gasteiger charge is -2.46. The van der Waals surface area contributed by atoms with Gasteiger partial charge in [-0.3, -0.25) is 0 Å². The molecule has 0 amide bonds. The van der Waals surface area contributed by atoms with Crippen LogP contribution in [-0.4, -0.2) is 23.4 Å². The van der Waals surface area contributed by atoms with E-state index < -0.39 is 10.3 Å². The van der Waals surface area contributed by atoms with E-state index in [1.807, 2.05) is 0 Å². The van der Waals surface area contributed by atoms with E-state index in [0.29, 0.717) is 0 Å². The van der Waals surface area contributed by atoms with Gasteiger partial charge in [0.2, 0.25) is 0 Å². The molecule has 18 heavy (non-hydrogen) atoms. The van der Waals surface area contributed by atoms with Crippen LogP contribution in [0.1, 0.15) is 37.9 Å². The predicted octanol–water partition coefficient (Wildman–Crippen LogP) is 3.41. The van der Waals surface area contributed by atoms with Crippen LogP contribution in [0.2, 0.25) is 0 Å². The van der Waals surface area contributed by atoms with Crippen LogP contribution >= 0.6 is 10.3 Å². The number of rotatable bonds is 2. The summed E-state index contributed by atoms with van der Waals surface area (Å²) in [6.07, 6.45) is 5.56. The van der Waals surface area contributed by atoms with E-state index in [4.69, 9.17) is 9.92 Å². The van der Waals surface area contributed by atoms with Crippen molar-refractivity contribution >= 4 is 10.3 Å². The molecule has 2 nitrogen and oxygen atoms in total. The first-order chi connectivity index (χ1) is 8.22. The number of fused-ring (bicyclic) bond motifs is 1. The molecule has 3 heteroatoms. The molecule has 0 spiro atoms. The molecule has 2 rings (SSSR count). The first-order valence-electron chi connectivity index (χ1n) is 6.47. The average molecular weight is 267 g/mol. The van der Waals surface area contributed by atoms with Gasteiger partial charge in [0.05, 0.1) is 12.1 Å². The summed E-state index contributed by atoms with van der Waals surface area (Å²) in [6, 6.07) is 8.45. The van der Waals surface area contributed by atoms with Gasteiger partial charge in [-0.2, -0.15) is 0 Å². The highest BCUT2D eigenvalue weighted by atomic mass is 32.3. The minimum atomic E-state index is -1.11. The Morgan fingerprint density at radius 3 is 2.39 bits per heavy atom. The Morgan fingerprint density at radius 1 is 1.22 bits per heavy atom. The van der Waals surface area contributed by atoms with E-state index >= 15 is 0 Å². The largest absolute Gasteiger partial charge is 0.331 e. The first kappa shape index (κ1) is 13.9. The maximum absolute atomic E-state index is 6.42. The average Bonchev–Trinajstić information content (AvgIpc) is 2.54. The molecule has 1 aromatic carbocycles. The summed E-state index contributed by atoms with van der Waals surface area (Å²) < 4.78 is 6.60.